The van der Waals surface area contributed by atoms with Gasteiger partial charge in [-0.2, -0.15) is 0 Å². The number of hydrogen-bond acceptors (Lipinski definition) is 7. The topological polar surface area (TPSA) is 102 Å². The predicted molar refractivity (Wildman–Crippen MR) is 226 cm³/mol. The van der Waals surface area contributed by atoms with Crippen molar-refractivity contribution in [1.29, 1.82) is 0 Å². The molecule has 8 heteroatoms. The number of aliphatic carboxylic acids is 1. The van der Waals surface area contributed by atoms with Crippen LogP contribution in [0.2, 0.25) is 0 Å². The second-order valence-electron chi connectivity index (χ2n) is 15.6. The number of esters is 2. The zero-order chi connectivity index (χ0) is 40.7. The highest BCUT2D eigenvalue weighted by molar-refractivity contribution is 5.70. The molecule has 2 atom stereocenters. The van der Waals surface area contributed by atoms with Crippen molar-refractivity contribution in [3.8, 4) is 0 Å². The highest BCUT2D eigenvalue weighted by atomic mass is 16.6. The summed E-state index contributed by atoms with van der Waals surface area (Å²) in [7, 11) is 5.39. The molecule has 0 aliphatic heterocycles. The van der Waals surface area contributed by atoms with Gasteiger partial charge in [0.1, 0.15) is 12.6 Å². The molecule has 0 radical (unpaired) electrons. The van der Waals surface area contributed by atoms with Crippen LogP contribution in [-0.2, 0) is 28.6 Å². The molecule has 2 unspecified atom stereocenters. The average molecular weight is 772 g/mol. The molecule has 0 aliphatic carbocycles. The Morgan fingerprint density at radius 2 is 1.02 bits per heavy atom. The van der Waals surface area contributed by atoms with Crippen molar-refractivity contribution in [2.75, 3.05) is 41.0 Å². The first-order valence-corrected chi connectivity index (χ1v) is 21.9. The number of nitrogens with zero attached hydrogens (tertiary/aromatic N) is 1. The number of carboxylic acid groups (broad SMARTS) is 1. The van der Waals surface area contributed by atoms with E-state index in [4.69, 9.17) is 14.2 Å². The molecule has 0 fully saturated rings. The zero-order valence-corrected chi connectivity index (χ0v) is 35.8. The van der Waals surface area contributed by atoms with Gasteiger partial charge in [-0.3, -0.25) is 9.59 Å². The van der Waals surface area contributed by atoms with Gasteiger partial charge in [0.2, 0.25) is 0 Å². The molecule has 0 amide bonds. The quantitative estimate of drug-likeness (QED) is 0.0266. The van der Waals surface area contributed by atoms with E-state index in [1.54, 1.807) is 21.1 Å². The Labute approximate surface area is 337 Å². The van der Waals surface area contributed by atoms with E-state index in [1.165, 1.54) is 44.9 Å². The van der Waals surface area contributed by atoms with Crippen molar-refractivity contribution >= 4 is 17.9 Å². The second-order valence-corrected chi connectivity index (χ2v) is 15.6. The van der Waals surface area contributed by atoms with Gasteiger partial charge in [-0.05, 0) is 57.8 Å². The van der Waals surface area contributed by atoms with Gasteiger partial charge in [-0.1, -0.05) is 152 Å². The Kier molecular flexibility index (Phi) is 35.9. The van der Waals surface area contributed by atoms with E-state index in [2.05, 4.69) is 62.5 Å². The molecule has 0 saturated carbocycles. The Morgan fingerprint density at radius 1 is 0.564 bits per heavy atom. The van der Waals surface area contributed by atoms with Gasteiger partial charge in [0, 0.05) is 19.3 Å². The van der Waals surface area contributed by atoms with E-state index in [-0.39, 0.29) is 42.7 Å². The maximum Gasteiger partial charge on any atom is 0.306 e. The summed E-state index contributed by atoms with van der Waals surface area (Å²) >= 11 is 0. The molecular formula is C47H81NO7. The molecule has 0 N–H and O–H groups in total. The Bertz CT molecular complexity index is 1090. The number of rotatable bonds is 38. The summed E-state index contributed by atoms with van der Waals surface area (Å²) in [4.78, 5) is 36.8. The number of carbonyl (C=O) groups excluding carboxylic acids is 3. The van der Waals surface area contributed by atoms with Crippen molar-refractivity contribution in [2.45, 2.75) is 180 Å². The maximum absolute atomic E-state index is 12.7. The van der Waals surface area contributed by atoms with Crippen molar-refractivity contribution < 1.29 is 38.2 Å². The number of quaternary nitrogens is 1. The number of carbonyl (C=O) groups is 3. The minimum absolute atomic E-state index is 0.0252. The third-order valence-corrected chi connectivity index (χ3v) is 9.48. The summed E-state index contributed by atoms with van der Waals surface area (Å²) in [6.45, 7) is 4.47. The molecular weight excluding hydrogens is 691 g/mol. The third kappa shape index (κ3) is 36.4. The minimum Gasteiger partial charge on any atom is -0.544 e. The summed E-state index contributed by atoms with van der Waals surface area (Å²) in [5.41, 5.74) is 0. The summed E-state index contributed by atoms with van der Waals surface area (Å²) in [5.74, 6) is -1.79. The SMILES string of the molecule is CC/C=C/C=C/C=C/CCCCCCCC(=O)OCC(COCCC(C(=O)[O-])[N+](C)(C)C)OC(=O)CCCCCCC/C=C/C=C/CCCCCCCCC. The molecule has 8 nitrogen and oxygen atoms in total. The molecule has 0 bridgehead atoms. The van der Waals surface area contributed by atoms with Crippen molar-refractivity contribution in [1.82, 2.24) is 0 Å². The van der Waals surface area contributed by atoms with Crippen molar-refractivity contribution in [3.63, 3.8) is 0 Å². The Morgan fingerprint density at radius 3 is 1.51 bits per heavy atom. The smallest absolute Gasteiger partial charge is 0.306 e. The number of unbranched alkanes of at least 4 members (excludes halogenated alkanes) is 17. The summed E-state index contributed by atoms with van der Waals surface area (Å²) < 4.78 is 17.1. The summed E-state index contributed by atoms with van der Waals surface area (Å²) in [6, 6.07) is -0.733. The molecule has 0 heterocycles. The number of ether oxygens (including phenoxy) is 3. The van der Waals surface area contributed by atoms with E-state index in [0.29, 0.717) is 12.8 Å². The van der Waals surface area contributed by atoms with Crippen LogP contribution in [0.3, 0.4) is 0 Å². The largest absolute Gasteiger partial charge is 0.544 e. The third-order valence-electron chi connectivity index (χ3n) is 9.48. The Hall–Kier alpha value is -2.97. The van der Waals surface area contributed by atoms with E-state index in [9.17, 15) is 19.5 Å². The molecule has 0 aromatic carbocycles. The van der Waals surface area contributed by atoms with Crippen molar-refractivity contribution in [3.05, 3.63) is 60.8 Å². The van der Waals surface area contributed by atoms with Crippen LogP contribution in [-0.4, -0.2) is 75.5 Å². The first kappa shape index (κ1) is 52.0. The number of likely N-dealkylation sites (N-methyl/N-ethyl adjacent to an activating group) is 1. The highest BCUT2D eigenvalue weighted by Gasteiger charge is 2.25. The monoisotopic (exact) mass is 772 g/mol. The number of hydrogen-bond donors (Lipinski definition) is 0. The fraction of sp³-hybridized carbons (Fsp3) is 0.723. The van der Waals surface area contributed by atoms with Crippen LogP contribution in [0.5, 0.6) is 0 Å². The molecule has 0 rings (SSSR count). The molecule has 0 spiro atoms. The lowest BCUT2D eigenvalue weighted by Gasteiger charge is -2.34. The lowest BCUT2D eigenvalue weighted by atomic mass is 10.1. The number of allylic oxidation sites excluding steroid dienone is 10. The normalized spacial score (nSPS) is 13.5. The number of carboxylic acids is 1. The van der Waals surface area contributed by atoms with E-state index < -0.39 is 18.1 Å². The van der Waals surface area contributed by atoms with Gasteiger partial charge in [0.15, 0.2) is 6.10 Å². The van der Waals surface area contributed by atoms with Crippen LogP contribution < -0.4 is 5.11 Å². The molecule has 316 valence electrons. The molecule has 0 saturated heterocycles. The van der Waals surface area contributed by atoms with Gasteiger partial charge in [0.05, 0.1) is 40.3 Å². The minimum atomic E-state index is -1.13. The first-order valence-electron chi connectivity index (χ1n) is 21.9. The van der Waals surface area contributed by atoms with E-state index in [1.807, 2.05) is 12.2 Å². The van der Waals surface area contributed by atoms with E-state index >= 15 is 0 Å². The predicted octanol–water partition coefficient (Wildman–Crippen LogP) is 10.5. The Balaban J connectivity index is 4.41. The average Bonchev–Trinajstić information content (AvgIpc) is 3.14. The van der Waals surface area contributed by atoms with Crippen LogP contribution in [0.4, 0.5) is 0 Å². The molecule has 0 aromatic heterocycles. The zero-order valence-electron chi connectivity index (χ0n) is 35.8. The van der Waals surface area contributed by atoms with Crippen LogP contribution in [0.15, 0.2) is 60.8 Å². The second kappa shape index (κ2) is 37.9. The maximum atomic E-state index is 12.7. The summed E-state index contributed by atoms with van der Waals surface area (Å²) in [5, 5.41) is 11.6. The van der Waals surface area contributed by atoms with Crippen LogP contribution >= 0.6 is 0 Å². The lowest BCUT2D eigenvalue weighted by molar-refractivity contribution is -0.889. The van der Waals surface area contributed by atoms with Gasteiger partial charge in [-0.15, -0.1) is 0 Å². The van der Waals surface area contributed by atoms with Gasteiger partial charge in [0.25, 0.3) is 0 Å². The van der Waals surface area contributed by atoms with Gasteiger partial charge < -0.3 is 28.6 Å². The highest BCUT2D eigenvalue weighted by Crippen LogP contribution is 2.13. The lowest BCUT2D eigenvalue weighted by Crippen LogP contribution is -2.55. The molecule has 0 aliphatic rings. The fourth-order valence-corrected chi connectivity index (χ4v) is 6.06. The fourth-order valence-electron chi connectivity index (χ4n) is 6.06. The molecule has 0 aromatic rings. The van der Waals surface area contributed by atoms with Crippen molar-refractivity contribution in [2.24, 2.45) is 0 Å². The van der Waals surface area contributed by atoms with Crippen LogP contribution in [0.1, 0.15) is 168 Å². The van der Waals surface area contributed by atoms with Crippen LogP contribution in [0.25, 0.3) is 0 Å². The molecule has 55 heavy (non-hydrogen) atoms. The standard InChI is InChI=1S/C47H81NO7/c1-6-8-10-12-14-16-18-20-21-22-23-24-26-28-30-32-34-36-38-46(50)55-43(41-53-40-39-44(47(51)52)48(3,4)5)42-54-45(49)37-35-33-31-29-27-25-19-17-15-13-11-9-7-2/h9,11,13,15,17,19,21-24,43-44H,6-8,10,12,14,16,18,20,25-42H2,1-5H3/b11-9+,15-13+,19-17+,22-21+,24-23+. The van der Waals surface area contributed by atoms with Gasteiger partial charge in [-0.25, -0.2) is 0 Å². The van der Waals surface area contributed by atoms with E-state index in [0.717, 1.165) is 89.9 Å². The van der Waals surface area contributed by atoms with Gasteiger partial charge >= 0.3 is 11.9 Å². The first-order chi connectivity index (χ1) is 26.6. The van der Waals surface area contributed by atoms with Crippen LogP contribution in [0, 0.1) is 0 Å². The summed E-state index contributed by atoms with van der Waals surface area (Å²) in [6.07, 6.45) is 45.3.